The second-order valence-electron chi connectivity index (χ2n) is 3.64. The van der Waals surface area contributed by atoms with E-state index < -0.39 is 23.2 Å². The fourth-order valence-corrected chi connectivity index (χ4v) is 1.73. The van der Waals surface area contributed by atoms with Crippen LogP contribution in [0.5, 0.6) is 0 Å². The Hall–Kier alpha value is -2.02. The van der Waals surface area contributed by atoms with E-state index in [-0.39, 0.29) is 11.4 Å². The highest BCUT2D eigenvalue weighted by atomic mass is 79.9. The number of nitrogen functional groups attached to an aromatic ring is 1. The number of pyridine rings is 1. The summed E-state index contributed by atoms with van der Waals surface area (Å²) in [5.41, 5.74) is 4.33. The van der Waals surface area contributed by atoms with E-state index in [1.165, 1.54) is 6.20 Å². The van der Waals surface area contributed by atoms with Gasteiger partial charge in [0.15, 0.2) is 0 Å². The van der Waals surface area contributed by atoms with Crippen molar-refractivity contribution in [1.82, 2.24) is 4.98 Å². The predicted molar refractivity (Wildman–Crippen MR) is 70.7 cm³/mol. The summed E-state index contributed by atoms with van der Waals surface area (Å²) in [4.78, 5) is 15.8. The molecule has 0 unspecified atom stereocenters. The molecule has 7 heteroatoms. The molecular weight excluding hydrogens is 320 g/mol. The number of hydrogen-bond acceptors (Lipinski definition) is 3. The van der Waals surface area contributed by atoms with Crippen LogP contribution in [0.15, 0.2) is 34.9 Å². The first-order chi connectivity index (χ1) is 8.99. The van der Waals surface area contributed by atoms with Gasteiger partial charge in [-0.1, -0.05) is 0 Å². The predicted octanol–water partition coefficient (Wildman–Crippen LogP) is 2.96. The van der Waals surface area contributed by atoms with Gasteiger partial charge in [-0.2, -0.15) is 0 Å². The minimum atomic E-state index is -0.981. The largest absolute Gasteiger partial charge is 0.394 e. The Kier molecular flexibility index (Phi) is 3.75. The Balaban J connectivity index is 2.28. The quantitative estimate of drug-likeness (QED) is 0.833. The summed E-state index contributed by atoms with van der Waals surface area (Å²) >= 11 is 3.19. The van der Waals surface area contributed by atoms with E-state index in [1.54, 1.807) is 12.1 Å². The summed E-state index contributed by atoms with van der Waals surface area (Å²) < 4.78 is 27.1. The van der Waals surface area contributed by atoms with Crippen LogP contribution in [0.3, 0.4) is 0 Å². The molecule has 0 aliphatic carbocycles. The maximum Gasteiger partial charge on any atom is 0.257 e. The molecule has 1 aromatic carbocycles. The minimum absolute atomic E-state index is 0.179. The highest BCUT2D eigenvalue weighted by molar-refractivity contribution is 9.10. The first-order valence-electron chi connectivity index (χ1n) is 5.15. The maximum atomic E-state index is 13.2. The third kappa shape index (κ3) is 2.87. The number of nitrogens with one attached hydrogen (secondary N) is 1. The fourth-order valence-electron chi connectivity index (χ4n) is 1.37. The van der Waals surface area contributed by atoms with Crippen LogP contribution in [0.1, 0.15) is 10.4 Å². The smallest absolute Gasteiger partial charge is 0.257 e. The number of rotatable bonds is 2. The van der Waals surface area contributed by atoms with Crippen molar-refractivity contribution in [3.8, 4) is 0 Å². The zero-order valence-corrected chi connectivity index (χ0v) is 11.0. The molecule has 0 fully saturated rings. The van der Waals surface area contributed by atoms with Gasteiger partial charge in [-0.15, -0.1) is 0 Å². The number of hydrogen-bond donors (Lipinski definition) is 2. The van der Waals surface area contributed by atoms with Gasteiger partial charge in [-0.25, -0.2) is 13.8 Å². The third-order valence-electron chi connectivity index (χ3n) is 2.33. The molecule has 4 nitrogen and oxygen atoms in total. The molecule has 0 spiro atoms. The molecule has 1 amide bonds. The molecule has 0 saturated heterocycles. The lowest BCUT2D eigenvalue weighted by Gasteiger charge is -2.07. The Morgan fingerprint density at radius 3 is 2.53 bits per heavy atom. The van der Waals surface area contributed by atoms with Crippen LogP contribution in [0, 0.1) is 11.6 Å². The van der Waals surface area contributed by atoms with Crippen LogP contribution in [0.4, 0.5) is 20.3 Å². The highest BCUT2D eigenvalue weighted by Crippen LogP contribution is 2.21. The maximum absolute atomic E-state index is 13.2. The first-order valence-corrected chi connectivity index (χ1v) is 5.94. The van der Waals surface area contributed by atoms with E-state index in [2.05, 4.69) is 26.2 Å². The van der Waals surface area contributed by atoms with Crippen LogP contribution in [0.2, 0.25) is 0 Å². The van der Waals surface area contributed by atoms with Crippen molar-refractivity contribution in [1.29, 1.82) is 0 Å². The SMILES string of the molecule is Nc1c(F)cc(C(=O)Nc2ncccc2Br)cc1F. The number of aromatic nitrogens is 1. The number of amides is 1. The zero-order chi connectivity index (χ0) is 14.0. The number of benzene rings is 1. The highest BCUT2D eigenvalue weighted by Gasteiger charge is 2.14. The summed E-state index contributed by atoms with van der Waals surface area (Å²) in [6.07, 6.45) is 1.48. The second-order valence-corrected chi connectivity index (χ2v) is 4.50. The molecular formula is C12H8BrF2N3O. The number of carbonyl (C=O) groups is 1. The van der Waals surface area contributed by atoms with Crippen LogP contribution >= 0.6 is 15.9 Å². The molecule has 0 saturated carbocycles. The summed E-state index contributed by atoms with van der Waals surface area (Å²) in [5.74, 6) is -2.39. The number of anilines is 2. The van der Waals surface area contributed by atoms with Gasteiger partial charge in [0, 0.05) is 11.8 Å². The van der Waals surface area contributed by atoms with Crippen LogP contribution in [0.25, 0.3) is 0 Å². The Labute approximate surface area is 115 Å². The van der Waals surface area contributed by atoms with E-state index >= 15 is 0 Å². The normalized spacial score (nSPS) is 10.3. The average Bonchev–Trinajstić information content (AvgIpc) is 2.38. The van der Waals surface area contributed by atoms with Gasteiger partial charge in [0.2, 0.25) is 0 Å². The van der Waals surface area contributed by atoms with Crippen molar-refractivity contribution in [3.05, 3.63) is 52.1 Å². The van der Waals surface area contributed by atoms with Gasteiger partial charge in [0.25, 0.3) is 5.91 Å². The van der Waals surface area contributed by atoms with E-state index in [9.17, 15) is 13.6 Å². The first kappa shape index (κ1) is 13.4. The number of nitrogens with two attached hydrogens (primary N) is 1. The third-order valence-corrected chi connectivity index (χ3v) is 2.97. The van der Waals surface area contributed by atoms with E-state index in [0.717, 1.165) is 12.1 Å². The van der Waals surface area contributed by atoms with Crippen molar-refractivity contribution >= 4 is 33.3 Å². The lowest BCUT2D eigenvalue weighted by Crippen LogP contribution is -2.14. The molecule has 0 aliphatic rings. The van der Waals surface area contributed by atoms with Crippen molar-refractivity contribution in [2.45, 2.75) is 0 Å². The zero-order valence-electron chi connectivity index (χ0n) is 9.45. The van der Waals surface area contributed by atoms with E-state index in [4.69, 9.17) is 5.73 Å². The van der Waals surface area contributed by atoms with Gasteiger partial charge in [-0.3, -0.25) is 4.79 Å². The molecule has 2 rings (SSSR count). The number of halogens is 3. The van der Waals surface area contributed by atoms with Gasteiger partial charge in [0.05, 0.1) is 4.47 Å². The second kappa shape index (κ2) is 5.31. The number of nitrogens with zero attached hydrogens (tertiary/aromatic N) is 1. The molecule has 1 aromatic heterocycles. The standard InChI is InChI=1S/C12H8BrF2N3O/c13-7-2-1-3-17-11(7)18-12(19)6-4-8(14)10(16)9(15)5-6/h1-5H,16H2,(H,17,18,19). The molecule has 0 aliphatic heterocycles. The van der Waals surface area contributed by atoms with Gasteiger partial charge in [0.1, 0.15) is 23.1 Å². The molecule has 1 heterocycles. The lowest BCUT2D eigenvalue weighted by atomic mass is 10.1. The van der Waals surface area contributed by atoms with Crippen molar-refractivity contribution < 1.29 is 13.6 Å². The monoisotopic (exact) mass is 327 g/mol. The van der Waals surface area contributed by atoms with Crippen molar-refractivity contribution in [2.75, 3.05) is 11.1 Å². The molecule has 0 radical (unpaired) electrons. The van der Waals surface area contributed by atoms with Gasteiger partial charge in [-0.05, 0) is 40.2 Å². The molecule has 2 aromatic rings. The van der Waals surface area contributed by atoms with Gasteiger partial charge >= 0.3 is 0 Å². The van der Waals surface area contributed by atoms with Crippen molar-refractivity contribution in [2.24, 2.45) is 0 Å². The molecule has 3 N–H and O–H groups in total. The van der Waals surface area contributed by atoms with E-state index in [0.29, 0.717) is 4.47 Å². The fraction of sp³-hybridized carbons (Fsp3) is 0. The Bertz CT molecular complexity index is 626. The molecule has 19 heavy (non-hydrogen) atoms. The Morgan fingerprint density at radius 2 is 1.95 bits per heavy atom. The minimum Gasteiger partial charge on any atom is -0.394 e. The van der Waals surface area contributed by atoms with Gasteiger partial charge < -0.3 is 11.1 Å². The number of carbonyl (C=O) groups excluding carboxylic acids is 1. The Morgan fingerprint density at radius 1 is 1.32 bits per heavy atom. The summed E-state index contributed by atoms with van der Waals surface area (Å²) in [6.45, 7) is 0. The topological polar surface area (TPSA) is 68.0 Å². The van der Waals surface area contributed by atoms with Crippen LogP contribution < -0.4 is 11.1 Å². The summed E-state index contributed by atoms with van der Waals surface area (Å²) in [5, 5.41) is 2.43. The molecule has 0 atom stereocenters. The van der Waals surface area contributed by atoms with E-state index in [1.807, 2.05) is 0 Å². The van der Waals surface area contributed by atoms with Crippen LogP contribution in [-0.2, 0) is 0 Å². The lowest BCUT2D eigenvalue weighted by molar-refractivity contribution is 0.102. The van der Waals surface area contributed by atoms with Crippen molar-refractivity contribution in [3.63, 3.8) is 0 Å². The van der Waals surface area contributed by atoms with Crippen LogP contribution in [-0.4, -0.2) is 10.9 Å². The molecule has 0 bridgehead atoms. The summed E-state index contributed by atoms with van der Waals surface area (Å²) in [7, 11) is 0. The summed E-state index contributed by atoms with van der Waals surface area (Å²) in [6, 6.07) is 5.07. The molecule has 98 valence electrons. The average molecular weight is 328 g/mol.